The van der Waals surface area contributed by atoms with Crippen molar-refractivity contribution in [1.29, 1.82) is 0 Å². The number of hydrogen-bond acceptors (Lipinski definition) is 4. The van der Waals surface area contributed by atoms with E-state index in [4.69, 9.17) is 4.74 Å². The average Bonchev–Trinajstić information content (AvgIpc) is 3.08. The fourth-order valence-corrected chi connectivity index (χ4v) is 3.57. The largest absolute Gasteiger partial charge is 0.379 e. The number of hydrogen-bond donors (Lipinski definition) is 0. The van der Waals surface area contributed by atoms with E-state index in [-0.39, 0.29) is 0 Å². The summed E-state index contributed by atoms with van der Waals surface area (Å²) in [6.07, 6.45) is 8.71. The maximum atomic E-state index is 12.6. The van der Waals surface area contributed by atoms with Crippen LogP contribution < -0.4 is 0 Å². The first-order valence-electron chi connectivity index (χ1n) is 8.81. The molecular weight excluding hydrogens is 290 g/mol. The SMILES string of the molecule is O=C(CCN1CCOCC1)N1CCCC1CCc1ccncc1. The summed E-state index contributed by atoms with van der Waals surface area (Å²) in [5, 5.41) is 0. The van der Waals surface area contributed by atoms with Crippen LogP contribution in [0.4, 0.5) is 0 Å². The Morgan fingerprint density at radius 1 is 1.22 bits per heavy atom. The number of morpholine rings is 1. The van der Waals surface area contributed by atoms with Gasteiger partial charge in [-0.3, -0.25) is 14.7 Å². The molecule has 0 bridgehead atoms. The first-order valence-corrected chi connectivity index (χ1v) is 8.81. The molecule has 1 unspecified atom stereocenters. The van der Waals surface area contributed by atoms with E-state index in [2.05, 4.69) is 26.9 Å². The zero-order chi connectivity index (χ0) is 15.9. The second kappa shape index (κ2) is 8.41. The number of carbonyl (C=O) groups is 1. The highest BCUT2D eigenvalue weighted by Crippen LogP contribution is 2.22. The number of nitrogens with zero attached hydrogens (tertiary/aromatic N) is 3. The van der Waals surface area contributed by atoms with Crippen molar-refractivity contribution < 1.29 is 9.53 Å². The molecule has 0 aliphatic carbocycles. The van der Waals surface area contributed by atoms with Gasteiger partial charge in [0, 0.05) is 51.0 Å². The maximum Gasteiger partial charge on any atom is 0.224 e. The molecule has 2 aliphatic heterocycles. The summed E-state index contributed by atoms with van der Waals surface area (Å²) >= 11 is 0. The molecule has 0 spiro atoms. The molecule has 23 heavy (non-hydrogen) atoms. The van der Waals surface area contributed by atoms with Crippen molar-refractivity contribution >= 4 is 5.91 Å². The normalized spacial score (nSPS) is 22.4. The van der Waals surface area contributed by atoms with Gasteiger partial charge in [0.1, 0.15) is 0 Å². The topological polar surface area (TPSA) is 45.7 Å². The Labute approximate surface area is 138 Å². The summed E-state index contributed by atoms with van der Waals surface area (Å²) < 4.78 is 5.36. The zero-order valence-electron chi connectivity index (χ0n) is 13.8. The lowest BCUT2D eigenvalue weighted by atomic mass is 10.0. The minimum Gasteiger partial charge on any atom is -0.379 e. The van der Waals surface area contributed by atoms with E-state index in [0.29, 0.717) is 18.4 Å². The first kappa shape index (κ1) is 16.4. The number of carbonyl (C=O) groups excluding carboxylic acids is 1. The number of ether oxygens (including phenoxy) is 1. The van der Waals surface area contributed by atoms with Gasteiger partial charge in [-0.25, -0.2) is 0 Å². The van der Waals surface area contributed by atoms with Gasteiger partial charge in [-0.1, -0.05) is 0 Å². The van der Waals surface area contributed by atoms with Crippen LogP contribution in [-0.4, -0.2) is 66.1 Å². The van der Waals surface area contributed by atoms with Crippen LogP contribution in [0.25, 0.3) is 0 Å². The fraction of sp³-hybridized carbons (Fsp3) is 0.667. The van der Waals surface area contributed by atoms with Gasteiger partial charge in [-0.05, 0) is 43.4 Å². The van der Waals surface area contributed by atoms with E-state index in [1.807, 2.05) is 12.4 Å². The van der Waals surface area contributed by atoms with E-state index >= 15 is 0 Å². The molecule has 0 N–H and O–H groups in total. The van der Waals surface area contributed by atoms with Crippen molar-refractivity contribution in [2.24, 2.45) is 0 Å². The van der Waals surface area contributed by atoms with E-state index in [9.17, 15) is 4.79 Å². The van der Waals surface area contributed by atoms with Gasteiger partial charge in [0.2, 0.25) is 5.91 Å². The number of aromatic nitrogens is 1. The Kier molecular flexibility index (Phi) is 6.00. The lowest BCUT2D eigenvalue weighted by Crippen LogP contribution is -2.41. The van der Waals surface area contributed by atoms with Gasteiger partial charge in [0.05, 0.1) is 13.2 Å². The monoisotopic (exact) mass is 317 g/mol. The highest BCUT2D eigenvalue weighted by molar-refractivity contribution is 5.77. The number of amides is 1. The zero-order valence-corrected chi connectivity index (χ0v) is 13.8. The van der Waals surface area contributed by atoms with Crippen LogP contribution in [0, 0.1) is 0 Å². The van der Waals surface area contributed by atoms with Gasteiger partial charge < -0.3 is 9.64 Å². The van der Waals surface area contributed by atoms with Gasteiger partial charge in [-0.15, -0.1) is 0 Å². The Balaban J connectivity index is 1.44. The molecule has 0 radical (unpaired) electrons. The van der Waals surface area contributed by atoms with Gasteiger partial charge in [0.15, 0.2) is 0 Å². The molecular formula is C18H27N3O2. The third-order valence-electron chi connectivity index (χ3n) is 4.96. The second-order valence-corrected chi connectivity index (χ2v) is 6.48. The molecule has 3 rings (SSSR count). The molecule has 1 atom stereocenters. The number of aryl methyl sites for hydroxylation is 1. The maximum absolute atomic E-state index is 12.6. The van der Waals surface area contributed by atoms with E-state index in [1.165, 1.54) is 5.56 Å². The summed E-state index contributed by atoms with van der Waals surface area (Å²) in [4.78, 5) is 21.1. The highest BCUT2D eigenvalue weighted by atomic mass is 16.5. The summed E-state index contributed by atoms with van der Waals surface area (Å²) in [5.74, 6) is 0.328. The van der Waals surface area contributed by atoms with Crippen molar-refractivity contribution in [3.05, 3.63) is 30.1 Å². The van der Waals surface area contributed by atoms with Crippen molar-refractivity contribution in [2.45, 2.75) is 38.1 Å². The smallest absolute Gasteiger partial charge is 0.224 e. The van der Waals surface area contributed by atoms with Crippen LogP contribution in [0.15, 0.2) is 24.5 Å². The molecule has 126 valence electrons. The molecule has 1 aromatic heterocycles. The summed E-state index contributed by atoms with van der Waals surface area (Å²) in [5.41, 5.74) is 1.31. The molecule has 1 aromatic rings. The fourth-order valence-electron chi connectivity index (χ4n) is 3.57. The first-order chi connectivity index (χ1) is 11.3. The number of pyridine rings is 1. The predicted molar refractivity (Wildman–Crippen MR) is 89.2 cm³/mol. The molecule has 0 saturated carbocycles. The van der Waals surface area contributed by atoms with Crippen LogP contribution >= 0.6 is 0 Å². The van der Waals surface area contributed by atoms with E-state index in [0.717, 1.165) is 65.1 Å². The standard InChI is InChI=1S/C18H27N3O2/c22-18(7-11-20-12-14-23-15-13-20)21-10-1-2-17(21)4-3-16-5-8-19-9-6-16/h5-6,8-9,17H,1-4,7,10-15H2. The van der Waals surface area contributed by atoms with Crippen LogP contribution in [0.5, 0.6) is 0 Å². The minimum absolute atomic E-state index is 0.328. The van der Waals surface area contributed by atoms with Crippen LogP contribution in [0.2, 0.25) is 0 Å². The molecule has 5 heteroatoms. The Bertz CT molecular complexity index is 488. The summed E-state index contributed by atoms with van der Waals surface area (Å²) in [6, 6.07) is 4.55. The minimum atomic E-state index is 0.328. The Morgan fingerprint density at radius 2 is 2.00 bits per heavy atom. The van der Waals surface area contributed by atoms with Crippen molar-refractivity contribution in [3.63, 3.8) is 0 Å². The molecule has 0 aromatic carbocycles. The molecule has 2 aliphatic rings. The summed E-state index contributed by atoms with van der Waals surface area (Å²) in [6.45, 7) is 5.31. The number of likely N-dealkylation sites (tertiary alicyclic amines) is 1. The summed E-state index contributed by atoms with van der Waals surface area (Å²) in [7, 11) is 0. The lowest BCUT2D eigenvalue weighted by molar-refractivity contribution is -0.132. The van der Waals surface area contributed by atoms with Crippen molar-refractivity contribution in [1.82, 2.24) is 14.8 Å². The molecule has 2 fully saturated rings. The average molecular weight is 317 g/mol. The van der Waals surface area contributed by atoms with Gasteiger partial charge >= 0.3 is 0 Å². The lowest BCUT2D eigenvalue weighted by Gasteiger charge is -2.29. The van der Waals surface area contributed by atoms with Crippen LogP contribution in [0.3, 0.4) is 0 Å². The molecule has 5 nitrogen and oxygen atoms in total. The van der Waals surface area contributed by atoms with E-state index < -0.39 is 0 Å². The van der Waals surface area contributed by atoms with Crippen molar-refractivity contribution in [3.8, 4) is 0 Å². The molecule has 3 heterocycles. The van der Waals surface area contributed by atoms with Crippen LogP contribution in [-0.2, 0) is 16.0 Å². The Morgan fingerprint density at radius 3 is 2.78 bits per heavy atom. The third kappa shape index (κ3) is 4.75. The van der Waals surface area contributed by atoms with Gasteiger partial charge in [0.25, 0.3) is 0 Å². The molecule has 1 amide bonds. The quantitative estimate of drug-likeness (QED) is 0.801. The second-order valence-electron chi connectivity index (χ2n) is 6.48. The van der Waals surface area contributed by atoms with Crippen LogP contribution in [0.1, 0.15) is 31.2 Å². The molecule has 2 saturated heterocycles. The van der Waals surface area contributed by atoms with Crippen molar-refractivity contribution in [2.75, 3.05) is 39.4 Å². The predicted octanol–water partition coefficient (Wildman–Crippen LogP) is 1.73. The van der Waals surface area contributed by atoms with Gasteiger partial charge in [-0.2, -0.15) is 0 Å². The highest BCUT2D eigenvalue weighted by Gasteiger charge is 2.28. The van der Waals surface area contributed by atoms with E-state index in [1.54, 1.807) is 0 Å². The third-order valence-corrected chi connectivity index (χ3v) is 4.96. The Hall–Kier alpha value is -1.46. The number of rotatable bonds is 6.